The molecule has 0 aliphatic carbocycles. The Morgan fingerprint density at radius 2 is 1.81 bits per heavy atom. The number of hydrogen-bond acceptors (Lipinski definition) is 4. The fraction of sp³-hybridized carbons (Fsp3) is 0.429. The van der Waals surface area contributed by atoms with E-state index in [4.69, 9.17) is 5.11 Å². The molecule has 7 heteroatoms. The summed E-state index contributed by atoms with van der Waals surface area (Å²) < 4.78 is 24.9. The monoisotopic (exact) mass is 313 g/mol. The molecule has 1 atom stereocenters. The van der Waals surface area contributed by atoms with Gasteiger partial charge in [-0.15, -0.1) is 0 Å². The Labute approximate surface area is 124 Å². The largest absolute Gasteiger partial charge is 0.478 e. The average Bonchev–Trinajstić information content (AvgIpc) is 2.47. The van der Waals surface area contributed by atoms with E-state index >= 15 is 0 Å². The van der Waals surface area contributed by atoms with Gasteiger partial charge in [0.05, 0.1) is 10.5 Å². The molecule has 116 valence electrons. The Morgan fingerprint density at radius 1 is 1.24 bits per heavy atom. The van der Waals surface area contributed by atoms with E-state index in [2.05, 4.69) is 0 Å². The molecule has 0 saturated heterocycles. The van der Waals surface area contributed by atoms with Crippen molar-refractivity contribution in [2.75, 3.05) is 13.1 Å². The number of carboxylic acids is 1. The Kier molecular flexibility index (Phi) is 5.48. The molecule has 0 aliphatic rings. The summed E-state index contributed by atoms with van der Waals surface area (Å²) in [6.45, 7) is 5.70. The normalized spacial score (nSPS) is 12.7. The van der Waals surface area contributed by atoms with Crippen LogP contribution < -0.4 is 0 Å². The summed E-state index contributed by atoms with van der Waals surface area (Å²) in [5.41, 5.74) is -0.126. The fourth-order valence-electron chi connectivity index (χ4n) is 1.94. The Balaban J connectivity index is 3.19. The maximum atomic E-state index is 12.4. The van der Waals surface area contributed by atoms with Crippen LogP contribution in [0.25, 0.3) is 0 Å². The van der Waals surface area contributed by atoms with Crippen LogP contribution in [0.5, 0.6) is 0 Å². The lowest BCUT2D eigenvalue weighted by Crippen LogP contribution is -2.41. The highest BCUT2D eigenvalue weighted by Gasteiger charge is 2.32. The number of carbonyl (C=O) groups excluding carboxylic acids is 1. The van der Waals surface area contributed by atoms with Crippen LogP contribution in [0.15, 0.2) is 29.2 Å². The predicted octanol–water partition coefficient (Wildman–Crippen LogP) is 1.42. The molecule has 1 unspecified atom stereocenters. The maximum absolute atomic E-state index is 12.4. The third kappa shape index (κ3) is 3.60. The number of hydrogen-bond donors (Lipinski definition) is 1. The first-order valence-corrected chi connectivity index (χ1v) is 8.16. The van der Waals surface area contributed by atoms with Gasteiger partial charge in [-0.25, -0.2) is 13.2 Å². The second kappa shape index (κ2) is 6.71. The number of benzene rings is 1. The number of sulfone groups is 1. The zero-order valence-electron chi connectivity index (χ0n) is 12.2. The summed E-state index contributed by atoms with van der Waals surface area (Å²) >= 11 is 0. The first kappa shape index (κ1) is 17.2. The summed E-state index contributed by atoms with van der Waals surface area (Å²) in [6.07, 6.45) is 0. The first-order chi connectivity index (χ1) is 9.75. The van der Waals surface area contributed by atoms with E-state index < -0.39 is 27.0 Å². The average molecular weight is 313 g/mol. The quantitative estimate of drug-likeness (QED) is 0.857. The van der Waals surface area contributed by atoms with Gasteiger partial charge in [0.15, 0.2) is 9.84 Å². The molecule has 0 radical (unpaired) electrons. The van der Waals surface area contributed by atoms with Crippen molar-refractivity contribution < 1.29 is 23.1 Å². The Hall–Kier alpha value is -1.89. The van der Waals surface area contributed by atoms with Crippen molar-refractivity contribution in [2.24, 2.45) is 0 Å². The van der Waals surface area contributed by atoms with Gasteiger partial charge in [0.25, 0.3) is 0 Å². The fourth-order valence-corrected chi connectivity index (χ4v) is 3.32. The number of rotatable bonds is 6. The van der Waals surface area contributed by atoms with Crippen LogP contribution in [-0.4, -0.2) is 48.6 Å². The van der Waals surface area contributed by atoms with Crippen LogP contribution in [-0.2, 0) is 14.6 Å². The second-order valence-electron chi connectivity index (χ2n) is 4.53. The van der Waals surface area contributed by atoms with E-state index in [-0.39, 0.29) is 10.5 Å². The summed E-state index contributed by atoms with van der Waals surface area (Å²) in [7, 11) is -3.91. The van der Waals surface area contributed by atoms with Crippen molar-refractivity contribution >= 4 is 21.7 Å². The molecule has 1 N–H and O–H groups in total. The molecule has 0 fully saturated rings. The molecule has 0 aliphatic heterocycles. The molecule has 1 aromatic rings. The highest BCUT2D eigenvalue weighted by molar-refractivity contribution is 7.92. The lowest BCUT2D eigenvalue weighted by Gasteiger charge is -2.22. The smallest absolute Gasteiger partial charge is 0.335 e. The van der Waals surface area contributed by atoms with Gasteiger partial charge in [0, 0.05) is 13.1 Å². The lowest BCUT2D eigenvalue weighted by molar-refractivity contribution is -0.130. The molecule has 0 aromatic heterocycles. The van der Waals surface area contributed by atoms with Gasteiger partial charge in [-0.3, -0.25) is 4.79 Å². The van der Waals surface area contributed by atoms with E-state index in [0.717, 1.165) is 6.07 Å². The topological polar surface area (TPSA) is 91.8 Å². The van der Waals surface area contributed by atoms with Crippen molar-refractivity contribution in [2.45, 2.75) is 30.9 Å². The van der Waals surface area contributed by atoms with Crippen LogP contribution in [0.4, 0.5) is 0 Å². The van der Waals surface area contributed by atoms with Crippen molar-refractivity contribution in [1.29, 1.82) is 0 Å². The van der Waals surface area contributed by atoms with Gasteiger partial charge >= 0.3 is 5.97 Å². The zero-order valence-corrected chi connectivity index (χ0v) is 13.1. The second-order valence-corrected chi connectivity index (χ2v) is 6.80. The van der Waals surface area contributed by atoms with Gasteiger partial charge in [0.1, 0.15) is 5.25 Å². The van der Waals surface area contributed by atoms with Gasteiger partial charge in [-0.05, 0) is 39.0 Å². The molecule has 0 heterocycles. The van der Waals surface area contributed by atoms with Crippen LogP contribution in [0.1, 0.15) is 31.1 Å². The molecule has 6 nitrogen and oxygen atoms in total. The van der Waals surface area contributed by atoms with Crippen molar-refractivity contribution in [3.63, 3.8) is 0 Å². The number of carboxylic acid groups (broad SMARTS) is 1. The van der Waals surface area contributed by atoms with E-state index in [1.165, 1.54) is 30.0 Å². The highest BCUT2D eigenvalue weighted by atomic mass is 32.2. The zero-order chi connectivity index (χ0) is 16.2. The number of aromatic carboxylic acids is 1. The molecule has 21 heavy (non-hydrogen) atoms. The Morgan fingerprint density at radius 3 is 2.29 bits per heavy atom. The Bertz CT molecular complexity index is 635. The molecule has 1 aromatic carbocycles. The summed E-state index contributed by atoms with van der Waals surface area (Å²) in [5.74, 6) is -1.70. The van der Waals surface area contributed by atoms with Crippen LogP contribution >= 0.6 is 0 Å². The van der Waals surface area contributed by atoms with Gasteiger partial charge < -0.3 is 10.0 Å². The minimum Gasteiger partial charge on any atom is -0.478 e. The lowest BCUT2D eigenvalue weighted by atomic mass is 10.2. The molecular weight excluding hydrogens is 294 g/mol. The van der Waals surface area contributed by atoms with Crippen molar-refractivity contribution in [3.8, 4) is 0 Å². The highest BCUT2D eigenvalue weighted by Crippen LogP contribution is 2.19. The van der Waals surface area contributed by atoms with Crippen molar-refractivity contribution in [3.05, 3.63) is 29.8 Å². The van der Waals surface area contributed by atoms with E-state index in [0.29, 0.717) is 13.1 Å². The van der Waals surface area contributed by atoms with Crippen molar-refractivity contribution in [1.82, 2.24) is 4.90 Å². The van der Waals surface area contributed by atoms with E-state index in [1.54, 1.807) is 13.8 Å². The summed E-state index contributed by atoms with van der Waals surface area (Å²) in [4.78, 5) is 24.4. The van der Waals surface area contributed by atoms with Gasteiger partial charge in [-0.1, -0.05) is 6.07 Å². The van der Waals surface area contributed by atoms with E-state index in [9.17, 15) is 18.0 Å². The number of carbonyl (C=O) groups is 2. The molecule has 1 rings (SSSR count). The SMILES string of the molecule is CCN(CC)C(=O)C(C)S(=O)(=O)c1cccc(C(=O)O)c1. The molecule has 0 bridgehead atoms. The summed E-state index contributed by atoms with van der Waals surface area (Å²) in [6, 6.07) is 5.03. The molecule has 0 spiro atoms. The predicted molar refractivity (Wildman–Crippen MR) is 78.0 cm³/mol. The third-order valence-corrected chi connectivity index (χ3v) is 5.34. The summed E-state index contributed by atoms with van der Waals surface area (Å²) in [5, 5.41) is 7.67. The third-order valence-electron chi connectivity index (χ3n) is 3.30. The minimum absolute atomic E-state index is 0.126. The minimum atomic E-state index is -3.91. The standard InChI is InChI=1S/C14H19NO5S/c1-4-15(5-2)13(16)10(3)21(19,20)12-8-6-7-11(9-12)14(17)18/h6-10H,4-5H2,1-3H3,(H,17,18). The molecule has 0 saturated carbocycles. The van der Waals surface area contributed by atoms with Gasteiger partial charge in [0.2, 0.25) is 5.91 Å². The van der Waals surface area contributed by atoms with Crippen LogP contribution in [0.3, 0.4) is 0 Å². The first-order valence-electron chi connectivity index (χ1n) is 6.61. The van der Waals surface area contributed by atoms with Gasteiger partial charge in [-0.2, -0.15) is 0 Å². The molecule has 1 amide bonds. The number of nitrogens with zero attached hydrogens (tertiary/aromatic N) is 1. The van der Waals surface area contributed by atoms with Crippen LogP contribution in [0.2, 0.25) is 0 Å². The number of amides is 1. The molecular formula is C14H19NO5S. The van der Waals surface area contributed by atoms with Crippen LogP contribution in [0, 0.1) is 0 Å². The van der Waals surface area contributed by atoms with E-state index in [1.807, 2.05) is 0 Å². The maximum Gasteiger partial charge on any atom is 0.335 e.